The van der Waals surface area contributed by atoms with Gasteiger partial charge in [0.2, 0.25) is 5.91 Å². The third-order valence-electron chi connectivity index (χ3n) is 2.67. The molecule has 13 heavy (non-hydrogen) atoms. The molecule has 1 amide bonds. The van der Waals surface area contributed by atoms with Crippen LogP contribution >= 0.6 is 0 Å². The van der Waals surface area contributed by atoms with Gasteiger partial charge in [-0.25, -0.2) is 0 Å². The third kappa shape index (κ3) is 3.77. The predicted octanol–water partition coefficient (Wildman–Crippen LogP) is 0.901. The lowest BCUT2D eigenvalue weighted by Gasteiger charge is -2.15. The van der Waals surface area contributed by atoms with E-state index >= 15 is 0 Å². The van der Waals surface area contributed by atoms with Gasteiger partial charge in [0.05, 0.1) is 0 Å². The SMILES string of the molecule is CCC(NCCC(=O)NC)C1CC1. The maximum absolute atomic E-state index is 10.9. The Balaban J connectivity index is 2.05. The van der Waals surface area contributed by atoms with Crippen molar-refractivity contribution in [2.24, 2.45) is 5.92 Å². The van der Waals surface area contributed by atoms with E-state index in [1.165, 1.54) is 19.3 Å². The van der Waals surface area contributed by atoms with Crippen molar-refractivity contribution in [3.8, 4) is 0 Å². The largest absolute Gasteiger partial charge is 0.359 e. The third-order valence-corrected chi connectivity index (χ3v) is 2.67. The van der Waals surface area contributed by atoms with Gasteiger partial charge in [0, 0.05) is 26.1 Å². The maximum atomic E-state index is 10.9. The summed E-state index contributed by atoms with van der Waals surface area (Å²) >= 11 is 0. The Labute approximate surface area is 80.3 Å². The van der Waals surface area contributed by atoms with E-state index in [1.54, 1.807) is 7.05 Å². The van der Waals surface area contributed by atoms with Gasteiger partial charge in [-0.3, -0.25) is 4.79 Å². The predicted molar refractivity (Wildman–Crippen MR) is 53.5 cm³/mol. The van der Waals surface area contributed by atoms with Crippen LogP contribution in [0.4, 0.5) is 0 Å². The monoisotopic (exact) mass is 184 g/mol. The lowest BCUT2D eigenvalue weighted by Crippen LogP contribution is -2.33. The van der Waals surface area contributed by atoms with Crippen molar-refractivity contribution in [1.82, 2.24) is 10.6 Å². The molecule has 1 aliphatic carbocycles. The highest BCUT2D eigenvalue weighted by molar-refractivity contribution is 5.75. The Morgan fingerprint density at radius 2 is 2.23 bits per heavy atom. The fourth-order valence-corrected chi connectivity index (χ4v) is 1.64. The van der Waals surface area contributed by atoms with Gasteiger partial charge in [0.15, 0.2) is 0 Å². The van der Waals surface area contributed by atoms with Crippen LogP contribution in [0.1, 0.15) is 32.6 Å². The normalized spacial score (nSPS) is 18.3. The van der Waals surface area contributed by atoms with E-state index in [4.69, 9.17) is 0 Å². The highest BCUT2D eigenvalue weighted by Crippen LogP contribution is 2.33. The van der Waals surface area contributed by atoms with E-state index in [0.717, 1.165) is 12.5 Å². The standard InChI is InChI=1S/C10H20N2O/c1-3-9(8-4-5-8)12-7-6-10(13)11-2/h8-9,12H,3-7H2,1-2H3,(H,11,13). The van der Waals surface area contributed by atoms with Crippen LogP contribution in [0, 0.1) is 5.92 Å². The smallest absolute Gasteiger partial charge is 0.221 e. The molecule has 1 rings (SSSR count). The minimum absolute atomic E-state index is 0.123. The van der Waals surface area contributed by atoms with Crippen LogP contribution in [-0.2, 0) is 4.79 Å². The van der Waals surface area contributed by atoms with Crippen molar-refractivity contribution in [3.05, 3.63) is 0 Å². The van der Waals surface area contributed by atoms with Crippen LogP contribution in [0.5, 0.6) is 0 Å². The van der Waals surface area contributed by atoms with Gasteiger partial charge in [0.25, 0.3) is 0 Å². The van der Waals surface area contributed by atoms with E-state index in [9.17, 15) is 4.79 Å². The van der Waals surface area contributed by atoms with Crippen molar-refractivity contribution in [2.75, 3.05) is 13.6 Å². The molecular formula is C10H20N2O. The Bertz CT molecular complexity index is 166. The van der Waals surface area contributed by atoms with Crippen molar-refractivity contribution < 1.29 is 4.79 Å². The molecule has 1 atom stereocenters. The average molecular weight is 184 g/mol. The van der Waals surface area contributed by atoms with Crippen LogP contribution in [0.15, 0.2) is 0 Å². The molecule has 3 nitrogen and oxygen atoms in total. The summed E-state index contributed by atoms with van der Waals surface area (Å²) in [4.78, 5) is 10.9. The molecule has 1 unspecified atom stereocenters. The second kappa shape index (κ2) is 5.22. The summed E-state index contributed by atoms with van der Waals surface area (Å²) in [5.74, 6) is 1.01. The molecule has 0 aromatic carbocycles. The quantitative estimate of drug-likeness (QED) is 0.644. The fraction of sp³-hybridized carbons (Fsp3) is 0.900. The summed E-state index contributed by atoms with van der Waals surface area (Å²) in [6, 6.07) is 0.643. The zero-order valence-electron chi connectivity index (χ0n) is 8.60. The van der Waals surface area contributed by atoms with Gasteiger partial charge >= 0.3 is 0 Å². The zero-order valence-corrected chi connectivity index (χ0v) is 8.60. The Morgan fingerprint density at radius 3 is 2.69 bits per heavy atom. The molecule has 0 saturated heterocycles. The number of amides is 1. The number of nitrogens with one attached hydrogen (secondary N) is 2. The van der Waals surface area contributed by atoms with Gasteiger partial charge in [-0.2, -0.15) is 0 Å². The first kappa shape index (κ1) is 10.5. The second-order valence-electron chi connectivity index (χ2n) is 3.73. The maximum Gasteiger partial charge on any atom is 0.221 e. The fourth-order valence-electron chi connectivity index (χ4n) is 1.64. The minimum Gasteiger partial charge on any atom is -0.359 e. The second-order valence-corrected chi connectivity index (χ2v) is 3.73. The van der Waals surface area contributed by atoms with E-state index in [2.05, 4.69) is 17.6 Å². The first-order valence-corrected chi connectivity index (χ1v) is 5.22. The summed E-state index contributed by atoms with van der Waals surface area (Å²) in [6.07, 6.45) is 4.51. The molecular weight excluding hydrogens is 164 g/mol. The lowest BCUT2D eigenvalue weighted by atomic mass is 10.1. The lowest BCUT2D eigenvalue weighted by molar-refractivity contribution is -0.120. The summed E-state index contributed by atoms with van der Waals surface area (Å²) in [5, 5.41) is 6.06. The number of rotatable bonds is 6. The Kier molecular flexibility index (Phi) is 4.22. The number of carbonyl (C=O) groups is 1. The molecule has 0 bridgehead atoms. The van der Waals surface area contributed by atoms with Crippen molar-refractivity contribution in [3.63, 3.8) is 0 Å². The molecule has 0 aromatic rings. The van der Waals surface area contributed by atoms with Crippen LogP contribution < -0.4 is 10.6 Å². The number of carbonyl (C=O) groups excluding carboxylic acids is 1. The van der Waals surface area contributed by atoms with Gasteiger partial charge in [-0.1, -0.05) is 6.92 Å². The summed E-state index contributed by atoms with van der Waals surface area (Å²) in [5.41, 5.74) is 0. The summed E-state index contributed by atoms with van der Waals surface area (Å²) in [7, 11) is 1.68. The molecule has 0 heterocycles. The molecule has 1 saturated carbocycles. The van der Waals surface area contributed by atoms with Crippen molar-refractivity contribution >= 4 is 5.91 Å². The molecule has 2 N–H and O–H groups in total. The molecule has 0 spiro atoms. The van der Waals surface area contributed by atoms with Gasteiger partial charge in [-0.05, 0) is 25.2 Å². The number of hydrogen-bond donors (Lipinski definition) is 2. The first-order chi connectivity index (χ1) is 6.27. The van der Waals surface area contributed by atoms with Gasteiger partial charge in [-0.15, -0.1) is 0 Å². The van der Waals surface area contributed by atoms with Crippen LogP contribution in [0.3, 0.4) is 0 Å². The van der Waals surface area contributed by atoms with Crippen molar-refractivity contribution in [2.45, 2.75) is 38.6 Å². The van der Waals surface area contributed by atoms with E-state index < -0.39 is 0 Å². The Morgan fingerprint density at radius 1 is 1.54 bits per heavy atom. The Hall–Kier alpha value is -0.570. The van der Waals surface area contributed by atoms with Crippen molar-refractivity contribution in [1.29, 1.82) is 0 Å². The van der Waals surface area contributed by atoms with Crippen LogP contribution in [-0.4, -0.2) is 25.5 Å². The summed E-state index contributed by atoms with van der Waals surface area (Å²) in [6.45, 7) is 3.02. The molecule has 0 radical (unpaired) electrons. The molecule has 1 aliphatic rings. The van der Waals surface area contributed by atoms with E-state index in [0.29, 0.717) is 12.5 Å². The topological polar surface area (TPSA) is 41.1 Å². The van der Waals surface area contributed by atoms with Crippen LogP contribution in [0.25, 0.3) is 0 Å². The first-order valence-electron chi connectivity index (χ1n) is 5.22. The molecule has 76 valence electrons. The van der Waals surface area contributed by atoms with E-state index in [1.807, 2.05) is 0 Å². The van der Waals surface area contributed by atoms with E-state index in [-0.39, 0.29) is 5.91 Å². The van der Waals surface area contributed by atoms with Crippen LogP contribution in [0.2, 0.25) is 0 Å². The molecule has 3 heteroatoms. The average Bonchev–Trinajstić information content (AvgIpc) is 2.95. The molecule has 0 aromatic heterocycles. The highest BCUT2D eigenvalue weighted by atomic mass is 16.1. The summed E-state index contributed by atoms with van der Waals surface area (Å²) < 4.78 is 0. The molecule has 0 aliphatic heterocycles. The number of hydrogen-bond acceptors (Lipinski definition) is 2. The van der Waals surface area contributed by atoms with Gasteiger partial charge < -0.3 is 10.6 Å². The highest BCUT2D eigenvalue weighted by Gasteiger charge is 2.29. The minimum atomic E-state index is 0.123. The molecule has 1 fully saturated rings. The van der Waals surface area contributed by atoms with Gasteiger partial charge in [0.1, 0.15) is 0 Å². The zero-order chi connectivity index (χ0) is 9.68.